The van der Waals surface area contributed by atoms with Crippen LogP contribution in [0.25, 0.3) is 6.08 Å². The first kappa shape index (κ1) is 21.1. The zero-order chi connectivity index (χ0) is 23.8. The summed E-state index contributed by atoms with van der Waals surface area (Å²) in [5.74, 6) is -1.13. The van der Waals surface area contributed by atoms with Crippen molar-refractivity contribution in [2.45, 2.75) is 31.8 Å². The second-order valence-corrected chi connectivity index (χ2v) is 9.87. The third-order valence-corrected chi connectivity index (χ3v) is 7.85. The predicted octanol–water partition coefficient (Wildman–Crippen LogP) is 5.67. The molecular weight excluding hydrogens is 446 g/mol. The van der Waals surface area contributed by atoms with Crippen LogP contribution < -0.4 is 4.90 Å². The molecule has 1 fully saturated rings. The van der Waals surface area contributed by atoms with Crippen LogP contribution in [0, 0.1) is 12.3 Å². The molecule has 3 atom stereocenters. The van der Waals surface area contributed by atoms with Gasteiger partial charge in [0.05, 0.1) is 12.1 Å². The maximum absolute atomic E-state index is 14.3. The van der Waals surface area contributed by atoms with Gasteiger partial charge >= 0.3 is 0 Å². The zero-order valence-corrected chi connectivity index (χ0v) is 19.5. The van der Waals surface area contributed by atoms with Gasteiger partial charge in [0.1, 0.15) is 5.41 Å². The summed E-state index contributed by atoms with van der Waals surface area (Å²) in [5, 5.41) is 0.589. The Morgan fingerprint density at radius 2 is 1.59 bits per heavy atom. The van der Waals surface area contributed by atoms with Crippen molar-refractivity contribution >= 4 is 40.7 Å². The summed E-state index contributed by atoms with van der Waals surface area (Å²) in [4.78, 5) is 43.8. The molecule has 2 aliphatic heterocycles. The lowest BCUT2D eigenvalue weighted by atomic mass is 9.64. The molecule has 0 amide bonds. The molecule has 34 heavy (non-hydrogen) atoms. The van der Waals surface area contributed by atoms with Crippen molar-refractivity contribution < 1.29 is 14.4 Å². The normalized spacial score (nSPS) is 23.7. The van der Waals surface area contributed by atoms with Crippen LogP contribution in [0.15, 0.2) is 72.8 Å². The first-order chi connectivity index (χ1) is 16.4. The van der Waals surface area contributed by atoms with Gasteiger partial charge in [0.25, 0.3) is 0 Å². The number of carbonyl (C=O) groups is 3. The number of hydrogen-bond acceptors (Lipinski definition) is 4. The van der Waals surface area contributed by atoms with Gasteiger partial charge in [-0.3, -0.25) is 14.4 Å². The van der Waals surface area contributed by atoms with E-state index in [0.29, 0.717) is 16.1 Å². The molecule has 0 aromatic heterocycles. The van der Waals surface area contributed by atoms with Crippen LogP contribution in [0.2, 0.25) is 5.02 Å². The number of hydrogen-bond donors (Lipinski definition) is 0. The lowest BCUT2D eigenvalue weighted by Crippen LogP contribution is -2.48. The van der Waals surface area contributed by atoms with E-state index in [2.05, 4.69) is 0 Å². The molecule has 0 unspecified atom stereocenters. The minimum atomic E-state index is -1.43. The van der Waals surface area contributed by atoms with Crippen molar-refractivity contribution in [3.8, 4) is 0 Å². The van der Waals surface area contributed by atoms with E-state index in [-0.39, 0.29) is 17.3 Å². The van der Waals surface area contributed by atoms with Crippen LogP contribution in [0.5, 0.6) is 0 Å². The molecule has 0 radical (unpaired) electrons. The first-order valence-corrected chi connectivity index (χ1v) is 11.7. The number of ketones is 3. The maximum Gasteiger partial charge on any atom is 0.180 e. The van der Waals surface area contributed by atoms with E-state index in [0.717, 1.165) is 22.4 Å². The fraction of sp³-hybridized carbons (Fsp3) is 0.207. The van der Waals surface area contributed by atoms with Gasteiger partial charge in [0.2, 0.25) is 0 Å². The monoisotopic (exact) mass is 467 g/mol. The molecule has 1 aliphatic carbocycles. The summed E-state index contributed by atoms with van der Waals surface area (Å²) < 4.78 is 0. The molecular formula is C29H22ClNO3. The van der Waals surface area contributed by atoms with E-state index in [1.54, 1.807) is 37.3 Å². The van der Waals surface area contributed by atoms with Crippen molar-refractivity contribution in [1.29, 1.82) is 0 Å². The number of halogens is 1. The van der Waals surface area contributed by atoms with Crippen LogP contribution in [0.4, 0.5) is 5.69 Å². The number of anilines is 1. The van der Waals surface area contributed by atoms with Gasteiger partial charge in [0, 0.05) is 27.8 Å². The minimum absolute atomic E-state index is 0.0831. The predicted molar refractivity (Wildman–Crippen MR) is 133 cm³/mol. The van der Waals surface area contributed by atoms with Gasteiger partial charge in [-0.05, 0) is 43.2 Å². The van der Waals surface area contributed by atoms with Crippen LogP contribution in [0.1, 0.15) is 50.2 Å². The maximum atomic E-state index is 14.3. The molecule has 2 heterocycles. The lowest BCUT2D eigenvalue weighted by Gasteiger charge is -2.37. The Hall–Kier alpha value is -3.50. The number of aryl methyl sites for hydroxylation is 1. The smallest absolute Gasteiger partial charge is 0.180 e. The zero-order valence-electron chi connectivity index (χ0n) is 18.8. The Labute approximate surface area is 202 Å². The summed E-state index contributed by atoms with van der Waals surface area (Å²) in [5.41, 5.74) is 3.00. The average Bonchev–Trinajstić information content (AvgIpc) is 3.26. The molecule has 3 aromatic carbocycles. The minimum Gasteiger partial charge on any atom is -0.352 e. The second kappa shape index (κ2) is 7.25. The van der Waals surface area contributed by atoms with Crippen LogP contribution in [0.3, 0.4) is 0 Å². The molecule has 5 heteroatoms. The third-order valence-electron chi connectivity index (χ3n) is 7.62. The standard InChI is InChI=1S/C29H22ClNO3/c1-16-7-9-18(10-8-16)25-26(17(2)32)31-23-13-12-20(30)15-19(23)11-14-24(31)29(25)27(33)21-5-3-4-6-22(21)28(29)34/h3-15,24-26H,1-2H3/t24-,25+,26+/m1/s1. The molecule has 3 aromatic rings. The van der Waals surface area contributed by atoms with E-state index in [1.165, 1.54) is 0 Å². The van der Waals surface area contributed by atoms with Crippen molar-refractivity contribution in [2.24, 2.45) is 5.41 Å². The second-order valence-electron chi connectivity index (χ2n) is 9.43. The quantitative estimate of drug-likeness (QED) is 0.455. The van der Waals surface area contributed by atoms with Gasteiger partial charge in [0.15, 0.2) is 17.3 Å². The molecule has 0 saturated carbocycles. The van der Waals surface area contributed by atoms with E-state index >= 15 is 0 Å². The van der Waals surface area contributed by atoms with Crippen molar-refractivity contribution in [2.75, 3.05) is 4.90 Å². The SMILES string of the molecule is CC(=O)[C@H]1[C@H](c2ccc(C)cc2)C2(C(=O)c3ccccc3C2=O)[C@H]2C=Cc3cc(Cl)ccc3N12. The van der Waals surface area contributed by atoms with Crippen LogP contribution >= 0.6 is 11.6 Å². The third kappa shape index (κ3) is 2.57. The Morgan fingerprint density at radius 3 is 2.21 bits per heavy atom. The van der Waals surface area contributed by atoms with Crippen LogP contribution in [-0.2, 0) is 4.79 Å². The average molecular weight is 468 g/mol. The fourth-order valence-corrected chi connectivity index (χ4v) is 6.43. The summed E-state index contributed by atoms with van der Waals surface area (Å²) >= 11 is 6.26. The number of nitrogens with zero attached hydrogens (tertiary/aromatic N) is 1. The summed E-state index contributed by atoms with van der Waals surface area (Å²) in [6.07, 6.45) is 3.83. The molecule has 0 bridgehead atoms. The van der Waals surface area contributed by atoms with Crippen molar-refractivity contribution in [3.05, 3.63) is 106 Å². The first-order valence-electron chi connectivity index (χ1n) is 11.4. The molecule has 1 spiro atoms. The molecule has 0 N–H and O–H groups in total. The Balaban J connectivity index is 1.68. The molecule has 1 saturated heterocycles. The highest BCUT2D eigenvalue weighted by Gasteiger charge is 2.71. The fourth-order valence-electron chi connectivity index (χ4n) is 6.25. The number of benzene rings is 3. The lowest BCUT2D eigenvalue weighted by molar-refractivity contribution is -0.118. The largest absolute Gasteiger partial charge is 0.352 e. The number of fused-ring (bicyclic) bond motifs is 5. The Morgan fingerprint density at radius 1 is 0.941 bits per heavy atom. The van der Waals surface area contributed by atoms with E-state index in [1.807, 2.05) is 60.4 Å². The molecule has 3 aliphatic rings. The van der Waals surface area contributed by atoms with Gasteiger partial charge < -0.3 is 4.90 Å². The van der Waals surface area contributed by atoms with Crippen LogP contribution in [-0.4, -0.2) is 29.4 Å². The van der Waals surface area contributed by atoms with Crippen molar-refractivity contribution in [1.82, 2.24) is 0 Å². The van der Waals surface area contributed by atoms with Gasteiger partial charge in [-0.15, -0.1) is 0 Å². The highest BCUT2D eigenvalue weighted by Crippen LogP contribution is 2.60. The molecule has 168 valence electrons. The highest BCUT2D eigenvalue weighted by molar-refractivity contribution is 6.32. The van der Waals surface area contributed by atoms with Gasteiger partial charge in [-0.2, -0.15) is 0 Å². The summed E-state index contributed by atoms with van der Waals surface area (Å²) in [6, 6.07) is 19.1. The van der Waals surface area contributed by atoms with Gasteiger partial charge in [-0.1, -0.05) is 77.8 Å². The van der Waals surface area contributed by atoms with Gasteiger partial charge in [-0.25, -0.2) is 0 Å². The van der Waals surface area contributed by atoms with E-state index in [4.69, 9.17) is 11.6 Å². The molecule has 4 nitrogen and oxygen atoms in total. The number of Topliss-reactive ketones (excluding diaryl/α,β-unsaturated/α-hetero) is 3. The Bertz CT molecular complexity index is 1390. The molecule has 6 rings (SSSR count). The van der Waals surface area contributed by atoms with E-state index in [9.17, 15) is 14.4 Å². The summed E-state index contributed by atoms with van der Waals surface area (Å²) in [6.45, 7) is 3.54. The summed E-state index contributed by atoms with van der Waals surface area (Å²) in [7, 11) is 0. The van der Waals surface area contributed by atoms with E-state index < -0.39 is 23.4 Å². The number of carbonyl (C=O) groups excluding carboxylic acids is 3. The van der Waals surface area contributed by atoms with Crippen molar-refractivity contribution in [3.63, 3.8) is 0 Å². The number of rotatable bonds is 2. The highest BCUT2D eigenvalue weighted by atomic mass is 35.5. The Kier molecular flexibility index (Phi) is 4.49. The topological polar surface area (TPSA) is 54.5 Å².